The lowest BCUT2D eigenvalue weighted by molar-refractivity contribution is -0.122. The number of anilines is 1. The monoisotopic (exact) mass is 285 g/mol. The molecule has 0 aromatic heterocycles. The first-order valence-electron chi connectivity index (χ1n) is 6.83. The fourth-order valence-electron chi connectivity index (χ4n) is 1.96. The Labute approximate surface area is 124 Å². The van der Waals surface area contributed by atoms with Crippen LogP contribution in [0.2, 0.25) is 0 Å². The van der Waals surface area contributed by atoms with Crippen LogP contribution in [0.1, 0.15) is 18.1 Å². The number of nitrogens with one attached hydrogen (secondary N) is 1. The van der Waals surface area contributed by atoms with Crippen LogP contribution in [-0.2, 0) is 11.4 Å². The minimum Gasteiger partial charge on any atom is -0.481 e. The summed E-state index contributed by atoms with van der Waals surface area (Å²) in [6.07, 6.45) is -0.626. The summed E-state index contributed by atoms with van der Waals surface area (Å²) in [6.45, 7) is 3.54. The van der Waals surface area contributed by atoms with Gasteiger partial charge in [0, 0.05) is 11.3 Å². The standard InChI is InChI=1S/C17H19NO3/c1-12-6-5-8-15(10-12)21-13(2)17(20)18-16-9-4-3-7-14(16)11-19/h3-10,13,19H,11H2,1-2H3,(H,18,20). The van der Waals surface area contributed by atoms with Gasteiger partial charge in [0.2, 0.25) is 0 Å². The van der Waals surface area contributed by atoms with Gasteiger partial charge in [0.25, 0.3) is 5.91 Å². The molecule has 0 aliphatic heterocycles. The number of carbonyl (C=O) groups is 1. The fourth-order valence-corrected chi connectivity index (χ4v) is 1.96. The average molecular weight is 285 g/mol. The molecule has 2 rings (SSSR count). The SMILES string of the molecule is Cc1cccc(OC(C)C(=O)Nc2ccccc2CO)c1. The molecule has 0 fully saturated rings. The van der Waals surface area contributed by atoms with E-state index in [4.69, 9.17) is 4.74 Å². The molecule has 1 unspecified atom stereocenters. The molecule has 21 heavy (non-hydrogen) atoms. The molecule has 1 atom stereocenters. The van der Waals surface area contributed by atoms with Gasteiger partial charge in [0.05, 0.1) is 6.61 Å². The van der Waals surface area contributed by atoms with Crippen molar-refractivity contribution < 1.29 is 14.6 Å². The van der Waals surface area contributed by atoms with Crippen LogP contribution < -0.4 is 10.1 Å². The van der Waals surface area contributed by atoms with E-state index in [-0.39, 0.29) is 12.5 Å². The van der Waals surface area contributed by atoms with E-state index in [9.17, 15) is 9.90 Å². The number of hydrogen-bond donors (Lipinski definition) is 2. The highest BCUT2D eigenvalue weighted by Crippen LogP contribution is 2.17. The average Bonchev–Trinajstić information content (AvgIpc) is 2.47. The number of amides is 1. The van der Waals surface area contributed by atoms with Gasteiger partial charge in [0.1, 0.15) is 5.75 Å². The Morgan fingerprint density at radius 2 is 2.00 bits per heavy atom. The van der Waals surface area contributed by atoms with E-state index in [0.29, 0.717) is 17.0 Å². The first-order chi connectivity index (χ1) is 10.1. The summed E-state index contributed by atoms with van der Waals surface area (Å²) >= 11 is 0. The smallest absolute Gasteiger partial charge is 0.265 e. The second-order valence-electron chi connectivity index (χ2n) is 4.88. The van der Waals surface area contributed by atoms with E-state index < -0.39 is 6.10 Å². The van der Waals surface area contributed by atoms with Crippen LogP contribution in [-0.4, -0.2) is 17.1 Å². The summed E-state index contributed by atoms with van der Waals surface area (Å²) < 4.78 is 5.63. The Hall–Kier alpha value is -2.33. The number of rotatable bonds is 5. The molecule has 2 aromatic rings. The highest BCUT2D eigenvalue weighted by molar-refractivity contribution is 5.94. The van der Waals surface area contributed by atoms with Gasteiger partial charge < -0.3 is 15.2 Å². The maximum Gasteiger partial charge on any atom is 0.265 e. The van der Waals surface area contributed by atoms with Gasteiger partial charge >= 0.3 is 0 Å². The maximum atomic E-state index is 12.2. The van der Waals surface area contributed by atoms with Gasteiger partial charge in [-0.15, -0.1) is 0 Å². The third-order valence-corrected chi connectivity index (χ3v) is 3.12. The van der Waals surface area contributed by atoms with Crippen LogP contribution in [0.5, 0.6) is 5.75 Å². The molecule has 0 aliphatic rings. The normalized spacial score (nSPS) is 11.8. The van der Waals surface area contributed by atoms with Crippen LogP contribution in [0.3, 0.4) is 0 Å². The molecule has 4 nitrogen and oxygen atoms in total. The van der Waals surface area contributed by atoms with E-state index in [1.54, 1.807) is 25.1 Å². The van der Waals surface area contributed by atoms with Crippen molar-refractivity contribution >= 4 is 11.6 Å². The van der Waals surface area contributed by atoms with Gasteiger partial charge in [-0.2, -0.15) is 0 Å². The molecule has 0 saturated heterocycles. The molecule has 1 amide bonds. The zero-order valence-electron chi connectivity index (χ0n) is 12.2. The lowest BCUT2D eigenvalue weighted by Crippen LogP contribution is -2.30. The third-order valence-electron chi connectivity index (χ3n) is 3.12. The number of aliphatic hydroxyl groups is 1. The maximum absolute atomic E-state index is 12.2. The number of aryl methyl sites for hydroxylation is 1. The first kappa shape index (κ1) is 15.1. The third kappa shape index (κ3) is 4.07. The van der Waals surface area contributed by atoms with Gasteiger partial charge in [0.15, 0.2) is 6.10 Å². The molecule has 2 aromatic carbocycles. The predicted molar refractivity (Wildman–Crippen MR) is 82.3 cm³/mol. The second-order valence-corrected chi connectivity index (χ2v) is 4.88. The minimum absolute atomic E-state index is 0.121. The Morgan fingerprint density at radius 3 is 2.71 bits per heavy atom. The predicted octanol–water partition coefficient (Wildman–Crippen LogP) is 2.89. The van der Waals surface area contributed by atoms with Crippen molar-refractivity contribution in [3.63, 3.8) is 0 Å². The highest BCUT2D eigenvalue weighted by atomic mass is 16.5. The second kappa shape index (κ2) is 6.90. The van der Waals surface area contributed by atoms with Crippen molar-refractivity contribution in [1.29, 1.82) is 0 Å². The van der Waals surface area contributed by atoms with Gasteiger partial charge in [-0.25, -0.2) is 0 Å². The largest absolute Gasteiger partial charge is 0.481 e. The van der Waals surface area contributed by atoms with Gasteiger partial charge in [-0.1, -0.05) is 30.3 Å². The molecule has 0 spiro atoms. The number of aliphatic hydroxyl groups excluding tert-OH is 1. The molecule has 4 heteroatoms. The molecular formula is C17H19NO3. The molecular weight excluding hydrogens is 266 g/mol. The number of carbonyl (C=O) groups excluding carboxylic acids is 1. The number of ether oxygens (including phenoxy) is 1. The Kier molecular flexibility index (Phi) is 4.95. The van der Waals surface area contributed by atoms with E-state index >= 15 is 0 Å². The molecule has 0 radical (unpaired) electrons. The number of para-hydroxylation sites is 1. The molecule has 0 saturated carbocycles. The molecule has 0 bridgehead atoms. The van der Waals surface area contributed by atoms with Crippen molar-refractivity contribution in [1.82, 2.24) is 0 Å². The summed E-state index contributed by atoms with van der Waals surface area (Å²) in [5, 5.41) is 12.0. The molecule has 0 heterocycles. The van der Waals surface area contributed by atoms with Crippen molar-refractivity contribution in [3.05, 3.63) is 59.7 Å². The van der Waals surface area contributed by atoms with E-state index in [2.05, 4.69) is 5.32 Å². The summed E-state index contributed by atoms with van der Waals surface area (Å²) in [6, 6.07) is 14.7. The van der Waals surface area contributed by atoms with Gasteiger partial charge in [-0.05, 0) is 37.6 Å². The van der Waals surface area contributed by atoms with E-state index in [1.165, 1.54) is 0 Å². The van der Waals surface area contributed by atoms with Crippen molar-refractivity contribution in [2.45, 2.75) is 26.6 Å². The Morgan fingerprint density at radius 1 is 1.24 bits per heavy atom. The summed E-state index contributed by atoms with van der Waals surface area (Å²) in [4.78, 5) is 12.2. The topological polar surface area (TPSA) is 58.6 Å². The number of benzene rings is 2. The number of hydrogen-bond acceptors (Lipinski definition) is 3. The Balaban J connectivity index is 2.02. The van der Waals surface area contributed by atoms with Crippen molar-refractivity contribution in [2.75, 3.05) is 5.32 Å². The molecule has 2 N–H and O–H groups in total. The first-order valence-corrected chi connectivity index (χ1v) is 6.83. The minimum atomic E-state index is -0.626. The zero-order chi connectivity index (χ0) is 15.2. The van der Waals surface area contributed by atoms with E-state index in [0.717, 1.165) is 5.56 Å². The van der Waals surface area contributed by atoms with Gasteiger partial charge in [-0.3, -0.25) is 4.79 Å². The van der Waals surface area contributed by atoms with Crippen molar-refractivity contribution in [3.8, 4) is 5.75 Å². The fraction of sp³-hybridized carbons (Fsp3) is 0.235. The highest BCUT2D eigenvalue weighted by Gasteiger charge is 2.16. The van der Waals surface area contributed by atoms with Crippen molar-refractivity contribution in [2.24, 2.45) is 0 Å². The van der Waals surface area contributed by atoms with Crippen LogP contribution in [0, 0.1) is 6.92 Å². The summed E-state index contributed by atoms with van der Waals surface area (Å²) in [5.41, 5.74) is 2.35. The lowest BCUT2D eigenvalue weighted by Gasteiger charge is -2.16. The van der Waals surface area contributed by atoms with E-state index in [1.807, 2.05) is 37.3 Å². The molecule has 0 aliphatic carbocycles. The van der Waals surface area contributed by atoms with Crippen LogP contribution in [0.4, 0.5) is 5.69 Å². The summed E-state index contributed by atoms with van der Waals surface area (Å²) in [5.74, 6) is 0.408. The molecule has 110 valence electrons. The van der Waals surface area contributed by atoms with Crippen LogP contribution >= 0.6 is 0 Å². The van der Waals surface area contributed by atoms with Crippen LogP contribution in [0.25, 0.3) is 0 Å². The lowest BCUT2D eigenvalue weighted by atomic mass is 10.2. The quantitative estimate of drug-likeness (QED) is 0.888. The van der Waals surface area contributed by atoms with Crippen LogP contribution in [0.15, 0.2) is 48.5 Å². The summed E-state index contributed by atoms with van der Waals surface area (Å²) in [7, 11) is 0. The Bertz CT molecular complexity index is 625. The zero-order valence-corrected chi connectivity index (χ0v) is 12.2.